The third kappa shape index (κ3) is 3.73. The Morgan fingerprint density at radius 1 is 1.14 bits per heavy atom. The van der Waals surface area contributed by atoms with Crippen LogP contribution in [0.5, 0.6) is 5.75 Å². The molecule has 1 amide bonds. The number of carbonyl (C=O) groups is 1. The standard InChI is InChI=1S/C21H21FN4O3/c1-28-17-7-3-6-16(13-17)25-8-10-26(11-9-25)21(27)18-19(24-29-20(18)23)14-4-2-5-15(22)12-14/h2-7,12-13H,8-11,23H2,1H3. The van der Waals surface area contributed by atoms with Crippen molar-refractivity contribution in [3.05, 3.63) is 59.9 Å². The van der Waals surface area contributed by atoms with Crippen molar-refractivity contribution < 1.29 is 18.4 Å². The SMILES string of the molecule is COc1cccc(N2CCN(C(=O)c3c(-c4cccc(F)c4)noc3N)CC2)c1. The van der Waals surface area contributed by atoms with E-state index in [0.29, 0.717) is 31.7 Å². The van der Waals surface area contributed by atoms with Gasteiger partial charge < -0.3 is 24.8 Å². The molecule has 1 aromatic heterocycles. The predicted octanol–water partition coefficient (Wildman–Crippen LogP) is 3.03. The summed E-state index contributed by atoms with van der Waals surface area (Å²) in [5, 5.41) is 3.89. The number of rotatable bonds is 4. The van der Waals surface area contributed by atoms with E-state index in [1.807, 2.05) is 24.3 Å². The lowest BCUT2D eigenvalue weighted by atomic mass is 10.1. The van der Waals surface area contributed by atoms with Crippen molar-refractivity contribution in [2.24, 2.45) is 0 Å². The molecule has 29 heavy (non-hydrogen) atoms. The number of hydrogen-bond acceptors (Lipinski definition) is 6. The fourth-order valence-electron chi connectivity index (χ4n) is 3.48. The van der Waals surface area contributed by atoms with Crippen molar-refractivity contribution in [3.8, 4) is 17.0 Å². The van der Waals surface area contributed by atoms with Crippen LogP contribution in [0.2, 0.25) is 0 Å². The minimum Gasteiger partial charge on any atom is -0.497 e. The van der Waals surface area contributed by atoms with E-state index in [0.717, 1.165) is 11.4 Å². The molecule has 0 bridgehead atoms. The van der Waals surface area contributed by atoms with E-state index < -0.39 is 5.82 Å². The van der Waals surface area contributed by atoms with E-state index in [1.165, 1.54) is 12.1 Å². The highest BCUT2D eigenvalue weighted by molar-refractivity contribution is 6.03. The Bertz CT molecular complexity index is 1030. The number of methoxy groups -OCH3 is 1. The van der Waals surface area contributed by atoms with Gasteiger partial charge in [-0.25, -0.2) is 4.39 Å². The van der Waals surface area contributed by atoms with Gasteiger partial charge in [-0.3, -0.25) is 4.79 Å². The number of halogens is 1. The molecule has 1 saturated heterocycles. The molecule has 1 aliphatic heterocycles. The summed E-state index contributed by atoms with van der Waals surface area (Å²) in [4.78, 5) is 17.0. The normalized spacial score (nSPS) is 14.1. The average Bonchev–Trinajstić information content (AvgIpc) is 3.15. The molecule has 1 aliphatic rings. The van der Waals surface area contributed by atoms with Gasteiger partial charge in [0.15, 0.2) is 0 Å². The molecule has 0 atom stereocenters. The molecule has 1 fully saturated rings. The van der Waals surface area contributed by atoms with Crippen molar-refractivity contribution in [1.29, 1.82) is 0 Å². The van der Waals surface area contributed by atoms with Crippen molar-refractivity contribution in [1.82, 2.24) is 10.1 Å². The lowest BCUT2D eigenvalue weighted by molar-refractivity contribution is 0.0748. The molecular formula is C21H21FN4O3. The number of benzene rings is 2. The second-order valence-electron chi connectivity index (χ2n) is 6.76. The van der Waals surface area contributed by atoms with Crippen LogP contribution in [0, 0.1) is 5.82 Å². The first-order valence-electron chi connectivity index (χ1n) is 9.26. The number of carbonyl (C=O) groups excluding carboxylic acids is 1. The largest absolute Gasteiger partial charge is 0.497 e. The van der Waals surface area contributed by atoms with Gasteiger partial charge in [-0.1, -0.05) is 23.4 Å². The molecule has 0 unspecified atom stereocenters. The fraction of sp³-hybridized carbons (Fsp3) is 0.238. The molecule has 0 spiro atoms. The molecule has 2 heterocycles. The summed E-state index contributed by atoms with van der Waals surface area (Å²) in [6.07, 6.45) is 0. The molecule has 7 nitrogen and oxygen atoms in total. The van der Waals surface area contributed by atoms with Crippen LogP contribution in [-0.2, 0) is 0 Å². The van der Waals surface area contributed by atoms with Crippen LogP contribution in [0.25, 0.3) is 11.3 Å². The summed E-state index contributed by atoms with van der Waals surface area (Å²) in [7, 11) is 1.63. The van der Waals surface area contributed by atoms with Gasteiger partial charge in [0.1, 0.15) is 22.8 Å². The predicted molar refractivity (Wildman–Crippen MR) is 107 cm³/mol. The summed E-state index contributed by atoms with van der Waals surface area (Å²) >= 11 is 0. The van der Waals surface area contributed by atoms with E-state index in [4.69, 9.17) is 15.0 Å². The molecule has 0 radical (unpaired) electrons. The lowest BCUT2D eigenvalue weighted by Crippen LogP contribution is -2.49. The van der Waals surface area contributed by atoms with Gasteiger partial charge in [-0.15, -0.1) is 0 Å². The van der Waals surface area contributed by atoms with Crippen molar-refractivity contribution >= 4 is 17.5 Å². The van der Waals surface area contributed by atoms with Gasteiger partial charge in [0, 0.05) is 43.5 Å². The molecule has 4 rings (SSSR count). The minimum absolute atomic E-state index is 0.0653. The summed E-state index contributed by atoms with van der Waals surface area (Å²) in [5.74, 6) is 0.0325. The molecule has 2 N–H and O–H groups in total. The van der Waals surface area contributed by atoms with Crippen molar-refractivity contribution in [3.63, 3.8) is 0 Å². The van der Waals surface area contributed by atoms with E-state index in [2.05, 4.69) is 10.1 Å². The Morgan fingerprint density at radius 3 is 2.62 bits per heavy atom. The maximum Gasteiger partial charge on any atom is 0.261 e. The average molecular weight is 396 g/mol. The van der Waals surface area contributed by atoms with E-state index in [9.17, 15) is 9.18 Å². The Labute approximate surface area is 167 Å². The number of hydrogen-bond donors (Lipinski definition) is 1. The number of ether oxygens (including phenoxy) is 1. The Kier molecular flexibility index (Phi) is 5.07. The van der Waals surface area contributed by atoms with Crippen LogP contribution >= 0.6 is 0 Å². The van der Waals surface area contributed by atoms with E-state index >= 15 is 0 Å². The number of nitrogen functional groups attached to an aromatic ring is 1. The number of aromatic nitrogens is 1. The number of anilines is 2. The molecule has 3 aromatic rings. The molecule has 150 valence electrons. The Hall–Kier alpha value is -3.55. The highest BCUT2D eigenvalue weighted by atomic mass is 19.1. The van der Waals surface area contributed by atoms with Gasteiger partial charge in [0.05, 0.1) is 7.11 Å². The highest BCUT2D eigenvalue weighted by Crippen LogP contribution is 2.29. The molecule has 2 aromatic carbocycles. The zero-order chi connectivity index (χ0) is 20.4. The molecule has 0 aliphatic carbocycles. The van der Waals surface area contributed by atoms with Crippen LogP contribution in [-0.4, -0.2) is 49.3 Å². The quantitative estimate of drug-likeness (QED) is 0.730. The summed E-state index contributed by atoms with van der Waals surface area (Å²) < 4.78 is 23.9. The molecular weight excluding hydrogens is 375 g/mol. The highest BCUT2D eigenvalue weighted by Gasteiger charge is 2.29. The van der Waals surface area contributed by atoms with Gasteiger partial charge >= 0.3 is 0 Å². The zero-order valence-electron chi connectivity index (χ0n) is 16.0. The monoisotopic (exact) mass is 396 g/mol. The van der Waals surface area contributed by atoms with Crippen LogP contribution in [0.15, 0.2) is 53.1 Å². The van der Waals surface area contributed by atoms with Gasteiger partial charge in [-0.2, -0.15) is 0 Å². The van der Waals surface area contributed by atoms with Crippen LogP contribution in [0.4, 0.5) is 16.0 Å². The van der Waals surface area contributed by atoms with Crippen molar-refractivity contribution in [2.45, 2.75) is 0 Å². The summed E-state index contributed by atoms with van der Waals surface area (Å²) in [6, 6.07) is 13.7. The number of amides is 1. The fourth-order valence-corrected chi connectivity index (χ4v) is 3.48. The number of nitrogens with two attached hydrogens (primary N) is 1. The Morgan fingerprint density at radius 2 is 1.90 bits per heavy atom. The number of nitrogens with zero attached hydrogens (tertiary/aromatic N) is 3. The molecule has 8 heteroatoms. The second-order valence-corrected chi connectivity index (χ2v) is 6.76. The smallest absolute Gasteiger partial charge is 0.261 e. The maximum absolute atomic E-state index is 13.6. The van der Waals surface area contributed by atoms with Gasteiger partial charge in [-0.05, 0) is 24.3 Å². The first kappa shape index (κ1) is 18.8. The maximum atomic E-state index is 13.6. The first-order valence-corrected chi connectivity index (χ1v) is 9.26. The van der Waals surface area contributed by atoms with Gasteiger partial charge in [0.2, 0.25) is 5.88 Å². The topological polar surface area (TPSA) is 84.8 Å². The van der Waals surface area contributed by atoms with Gasteiger partial charge in [0.25, 0.3) is 5.91 Å². The lowest BCUT2D eigenvalue weighted by Gasteiger charge is -2.36. The zero-order valence-corrected chi connectivity index (χ0v) is 16.0. The molecule has 0 saturated carbocycles. The third-order valence-electron chi connectivity index (χ3n) is 5.02. The number of piperazine rings is 1. The second kappa shape index (κ2) is 7.83. The van der Waals surface area contributed by atoms with Crippen molar-refractivity contribution in [2.75, 3.05) is 43.9 Å². The summed E-state index contributed by atoms with van der Waals surface area (Å²) in [6.45, 7) is 2.37. The third-order valence-corrected chi connectivity index (χ3v) is 5.02. The van der Waals surface area contributed by atoms with E-state index in [-0.39, 0.29) is 23.0 Å². The Balaban J connectivity index is 1.51. The van der Waals surface area contributed by atoms with E-state index in [1.54, 1.807) is 24.1 Å². The minimum atomic E-state index is -0.422. The first-order chi connectivity index (χ1) is 14.1. The van der Waals surface area contributed by atoms with Crippen LogP contribution in [0.3, 0.4) is 0 Å². The van der Waals surface area contributed by atoms with Crippen LogP contribution < -0.4 is 15.4 Å². The summed E-state index contributed by atoms with van der Waals surface area (Å²) in [5.41, 5.74) is 7.79. The van der Waals surface area contributed by atoms with Crippen LogP contribution in [0.1, 0.15) is 10.4 Å².